The summed E-state index contributed by atoms with van der Waals surface area (Å²) in [5.41, 5.74) is -0.285. The van der Waals surface area contributed by atoms with Gasteiger partial charge < -0.3 is 20.4 Å². The number of likely N-dealkylation sites (tertiary alicyclic amines) is 1. The zero-order valence-corrected chi connectivity index (χ0v) is 38.0. The maximum absolute atomic E-state index is 16.2. The molecule has 2 bridgehead atoms. The number of benzene rings is 3. The number of amides is 6. The topological polar surface area (TPSA) is 157 Å². The van der Waals surface area contributed by atoms with E-state index in [4.69, 9.17) is 11.6 Å². The van der Waals surface area contributed by atoms with Gasteiger partial charge in [0.1, 0.15) is 11.5 Å². The quantitative estimate of drug-likeness (QED) is 0.168. The summed E-state index contributed by atoms with van der Waals surface area (Å²) >= 11 is 6.43. The fourth-order valence-electron chi connectivity index (χ4n) is 13.7. The van der Waals surface area contributed by atoms with Crippen LogP contribution in [0.5, 0.6) is 0 Å². The van der Waals surface area contributed by atoms with Gasteiger partial charge in [0, 0.05) is 76.2 Å². The second kappa shape index (κ2) is 16.3. The normalized spacial score (nSPS) is 30.8. The van der Waals surface area contributed by atoms with Crippen molar-refractivity contribution >= 4 is 52.7 Å². The number of anilines is 1. The average molecular weight is 931 g/mol. The summed E-state index contributed by atoms with van der Waals surface area (Å²) in [6, 6.07) is 12.9. The SMILES string of the molecule is O=C1CCC(N2Cc3c(C#CC4CCN(C(=O)C56CCC(NC(=O)[C@@H]7NC8(CCCCC8)[C@@]8(C(=O)Nc9cc(Cl)ccc98)[C@H]7c7cccc(F)c7F)(CC5)CC6)CC4)cccc3C2=O)C(=O)N1. The Morgan fingerprint density at radius 1 is 0.836 bits per heavy atom. The molecule has 12 rings (SSSR count). The molecule has 4 saturated carbocycles. The maximum Gasteiger partial charge on any atom is 0.255 e. The fourth-order valence-corrected chi connectivity index (χ4v) is 13.9. The molecule has 4 aliphatic carbocycles. The van der Waals surface area contributed by atoms with Gasteiger partial charge in [0.25, 0.3) is 5.91 Å². The lowest BCUT2D eigenvalue weighted by atomic mass is 9.55. The molecule has 9 aliphatic rings. The zero-order chi connectivity index (χ0) is 46.5. The van der Waals surface area contributed by atoms with Gasteiger partial charge in [-0.15, -0.1) is 0 Å². The molecule has 3 aromatic carbocycles. The Bertz CT molecular complexity index is 2700. The predicted molar refractivity (Wildman–Crippen MR) is 243 cm³/mol. The summed E-state index contributed by atoms with van der Waals surface area (Å²) in [5.74, 6) is 2.03. The van der Waals surface area contributed by atoms with E-state index in [1.165, 1.54) is 17.0 Å². The van der Waals surface area contributed by atoms with Crippen LogP contribution < -0.4 is 21.3 Å². The Morgan fingerprint density at radius 2 is 1.57 bits per heavy atom. The Hall–Kier alpha value is -5.65. The van der Waals surface area contributed by atoms with Gasteiger partial charge in [-0.3, -0.25) is 39.4 Å². The molecule has 67 heavy (non-hydrogen) atoms. The van der Waals surface area contributed by atoms with E-state index in [9.17, 15) is 24.0 Å². The van der Waals surface area contributed by atoms with Crippen molar-refractivity contribution in [3.63, 3.8) is 0 Å². The van der Waals surface area contributed by atoms with Crippen molar-refractivity contribution in [1.29, 1.82) is 0 Å². The molecular formula is C52H53ClF2N6O6. The molecule has 1 unspecified atom stereocenters. The lowest BCUT2D eigenvalue weighted by molar-refractivity contribution is -0.151. The van der Waals surface area contributed by atoms with Crippen molar-refractivity contribution in [3.8, 4) is 11.8 Å². The lowest BCUT2D eigenvalue weighted by Crippen LogP contribution is -2.63. The molecule has 348 valence electrons. The Balaban J connectivity index is 0.773. The smallest absolute Gasteiger partial charge is 0.255 e. The number of imide groups is 1. The maximum atomic E-state index is 16.2. The van der Waals surface area contributed by atoms with Crippen LogP contribution in [0, 0.1) is 34.8 Å². The number of carbonyl (C=O) groups is 6. The van der Waals surface area contributed by atoms with E-state index in [-0.39, 0.29) is 54.0 Å². The largest absolute Gasteiger partial charge is 0.349 e. The zero-order valence-electron chi connectivity index (χ0n) is 37.2. The monoisotopic (exact) mass is 930 g/mol. The van der Waals surface area contributed by atoms with Crippen molar-refractivity contribution in [2.75, 3.05) is 18.4 Å². The summed E-state index contributed by atoms with van der Waals surface area (Å²) in [6.45, 7) is 1.41. The van der Waals surface area contributed by atoms with Crippen LogP contribution in [0.1, 0.15) is 135 Å². The fraction of sp³-hybridized carbons (Fsp3) is 0.500. The second-order valence-electron chi connectivity index (χ2n) is 20.5. The van der Waals surface area contributed by atoms with Crippen LogP contribution in [0.3, 0.4) is 0 Å². The van der Waals surface area contributed by atoms with Crippen molar-refractivity contribution in [2.45, 2.75) is 137 Å². The summed E-state index contributed by atoms with van der Waals surface area (Å²) in [4.78, 5) is 85.4. The first-order valence-electron chi connectivity index (χ1n) is 24.0. The number of hydrogen-bond donors (Lipinski definition) is 4. The highest BCUT2D eigenvalue weighted by atomic mass is 35.5. The van der Waals surface area contributed by atoms with E-state index in [1.807, 2.05) is 11.0 Å². The standard InChI is InChI=1S/C52H53ClF2N6O6/c53-32-12-13-36-38(28-32)56-47(66)52(36)41(34-8-5-9-37(54)42(34)55)43(58-51(52)18-2-1-3-19-51)45(64)59-50-23-20-49(21-24-50,22-25-50)48(67)60-26-16-30(17-27-60)10-11-31-6-4-7-33-35(31)29-61(46(33)65)39-14-15-40(62)57-44(39)63/h4-9,12-13,28,30,39,41,43,58H,1-3,14-27,29H2,(H,56,66)(H,59,64)(H,57,62,63)/t39?,41-,43+,49?,50?,52+/m0/s1. The van der Waals surface area contributed by atoms with Crippen LogP contribution in [-0.4, -0.2) is 81.5 Å². The number of hydrogen-bond acceptors (Lipinski definition) is 7. The van der Waals surface area contributed by atoms with Crippen LogP contribution >= 0.6 is 11.6 Å². The Morgan fingerprint density at radius 3 is 2.30 bits per heavy atom. The highest BCUT2D eigenvalue weighted by Gasteiger charge is 2.72. The molecule has 2 spiro atoms. The molecule has 4 N–H and O–H groups in total. The van der Waals surface area contributed by atoms with Crippen molar-refractivity contribution in [3.05, 3.63) is 99.1 Å². The number of piperidine rings is 2. The van der Waals surface area contributed by atoms with Gasteiger partial charge in [0.05, 0.1) is 6.04 Å². The summed E-state index contributed by atoms with van der Waals surface area (Å²) in [7, 11) is 0. The second-order valence-corrected chi connectivity index (χ2v) is 20.9. The first kappa shape index (κ1) is 43.9. The minimum absolute atomic E-state index is 0.0179. The first-order chi connectivity index (χ1) is 32.3. The lowest BCUT2D eigenvalue weighted by Gasteiger charge is -2.54. The molecule has 7 fully saturated rings. The molecule has 0 aromatic heterocycles. The highest BCUT2D eigenvalue weighted by molar-refractivity contribution is 6.31. The predicted octanol–water partition coefficient (Wildman–Crippen LogP) is 6.53. The van der Waals surface area contributed by atoms with Crippen LogP contribution in [0.25, 0.3) is 0 Å². The molecule has 3 aromatic rings. The first-order valence-corrected chi connectivity index (χ1v) is 24.4. The van der Waals surface area contributed by atoms with Gasteiger partial charge in [0.15, 0.2) is 11.6 Å². The van der Waals surface area contributed by atoms with E-state index in [2.05, 4.69) is 33.1 Å². The molecule has 6 amide bonds. The third kappa shape index (κ3) is 6.84. The molecule has 4 atom stereocenters. The van der Waals surface area contributed by atoms with E-state index in [0.29, 0.717) is 106 Å². The number of nitrogens with zero attached hydrogens (tertiary/aromatic N) is 2. The van der Waals surface area contributed by atoms with Gasteiger partial charge in [-0.25, -0.2) is 8.78 Å². The number of halogens is 3. The minimum Gasteiger partial charge on any atom is -0.349 e. The van der Waals surface area contributed by atoms with Crippen LogP contribution in [0.2, 0.25) is 5.02 Å². The van der Waals surface area contributed by atoms with Gasteiger partial charge in [-0.1, -0.05) is 67.0 Å². The number of nitrogens with one attached hydrogen (secondary N) is 4. The van der Waals surface area contributed by atoms with Gasteiger partial charge in [0.2, 0.25) is 29.5 Å². The van der Waals surface area contributed by atoms with Crippen molar-refractivity contribution < 1.29 is 37.5 Å². The third-order valence-electron chi connectivity index (χ3n) is 17.2. The summed E-state index contributed by atoms with van der Waals surface area (Å²) < 4.78 is 31.5. The van der Waals surface area contributed by atoms with E-state index < -0.39 is 57.5 Å². The van der Waals surface area contributed by atoms with E-state index in [0.717, 1.165) is 36.5 Å². The molecule has 0 radical (unpaired) electrons. The number of rotatable bonds is 5. The number of fused-ring (bicyclic) bond motifs is 7. The molecule has 5 heterocycles. The van der Waals surface area contributed by atoms with E-state index in [1.54, 1.807) is 30.3 Å². The van der Waals surface area contributed by atoms with Crippen molar-refractivity contribution in [1.82, 2.24) is 25.8 Å². The van der Waals surface area contributed by atoms with Gasteiger partial charge in [-0.05, 0) is 118 Å². The average Bonchev–Trinajstić information content (AvgIpc) is 3.93. The molecule has 3 saturated heterocycles. The molecule has 5 aliphatic heterocycles. The van der Waals surface area contributed by atoms with Gasteiger partial charge in [-0.2, -0.15) is 0 Å². The van der Waals surface area contributed by atoms with Crippen molar-refractivity contribution in [2.24, 2.45) is 11.3 Å². The summed E-state index contributed by atoms with van der Waals surface area (Å²) in [6.07, 6.45) is 9.25. The minimum atomic E-state index is -1.43. The summed E-state index contributed by atoms with van der Waals surface area (Å²) in [5, 5.41) is 12.9. The Kier molecular flexibility index (Phi) is 10.7. The van der Waals surface area contributed by atoms with E-state index >= 15 is 13.6 Å². The Labute approximate surface area is 392 Å². The highest BCUT2D eigenvalue weighted by Crippen LogP contribution is 2.63. The van der Waals surface area contributed by atoms with Crippen LogP contribution in [-0.2, 0) is 35.9 Å². The molecule has 15 heteroatoms. The number of carbonyl (C=O) groups excluding carboxylic acids is 6. The molecular weight excluding hydrogens is 878 g/mol. The van der Waals surface area contributed by atoms with Crippen LogP contribution in [0.15, 0.2) is 54.6 Å². The van der Waals surface area contributed by atoms with Crippen LogP contribution in [0.4, 0.5) is 14.5 Å². The molecule has 12 nitrogen and oxygen atoms in total. The van der Waals surface area contributed by atoms with Gasteiger partial charge >= 0.3 is 0 Å². The third-order valence-corrected chi connectivity index (χ3v) is 17.4.